The second-order valence-corrected chi connectivity index (χ2v) is 9.38. The zero-order valence-electron chi connectivity index (χ0n) is 19.6. The van der Waals surface area contributed by atoms with Gasteiger partial charge in [-0.3, -0.25) is 0 Å². The van der Waals surface area contributed by atoms with Crippen LogP contribution >= 0.6 is 11.6 Å². The molecule has 0 saturated carbocycles. The second kappa shape index (κ2) is 11.6. The summed E-state index contributed by atoms with van der Waals surface area (Å²) >= 11 is 5.95. The van der Waals surface area contributed by atoms with Crippen LogP contribution in [0.15, 0.2) is 72.3 Å². The molecule has 4 rings (SSSR count). The Morgan fingerprint density at radius 3 is 2.61 bits per heavy atom. The molecule has 2 N–H and O–H groups in total. The number of hydrogen-bond acceptors (Lipinski definition) is 4. The van der Waals surface area contributed by atoms with Gasteiger partial charge in [0.25, 0.3) is 0 Å². The first-order valence-corrected chi connectivity index (χ1v) is 12.2. The normalized spacial score (nSPS) is 15.3. The summed E-state index contributed by atoms with van der Waals surface area (Å²) in [4.78, 5) is 2.31. The minimum Gasteiger partial charge on any atom is -0.489 e. The number of benzene rings is 2. The highest BCUT2D eigenvalue weighted by molar-refractivity contribution is 6.30. The van der Waals surface area contributed by atoms with Crippen LogP contribution < -0.4 is 10.6 Å². The summed E-state index contributed by atoms with van der Waals surface area (Å²) in [5, 5.41) is 7.72. The molecule has 1 aliphatic carbocycles. The highest BCUT2D eigenvalue weighted by Crippen LogP contribution is 2.28. The van der Waals surface area contributed by atoms with E-state index in [4.69, 9.17) is 16.3 Å². The Morgan fingerprint density at radius 1 is 1.03 bits per heavy atom. The Kier molecular flexibility index (Phi) is 8.27. The Bertz CT molecular complexity index is 1020. The summed E-state index contributed by atoms with van der Waals surface area (Å²) < 4.78 is 5.95. The van der Waals surface area contributed by atoms with Crippen molar-refractivity contribution in [1.29, 1.82) is 0 Å². The smallest absolute Gasteiger partial charge is 0.119 e. The van der Waals surface area contributed by atoms with E-state index < -0.39 is 0 Å². The third-order valence-electron chi connectivity index (χ3n) is 5.96. The lowest BCUT2D eigenvalue weighted by Crippen LogP contribution is -2.31. The molecule has 2 aliphatic rings. The minimum absolute atomic E-state index is 0.537. The highest BCUT2D eigenvalue weighted by atomic mass is 35.5. The van der Waals surface area contributed by atoms with Crippen LogP contribution in [0.3, 0.4) is 0 Å². The highest BCUT2D eigenvalue weighted by Gasteiger charge is 2.16. The van der Waals surface area contributed by atoms with Gasteiger partial charge in [0.2, 0.25) is 0 Å². The molecule has 4 nitrogen and oxygen atoms in total. The molecule has 1 heterocycles. The van der Waals surface area contributed by atoms with Crippen LogP contribution in [0.4, 0.5) is 0 Å². The monoisotopic (exact) mass is 463 g/mol. The van der Waals surface area contributed by atoms with E-state index in [-0.39, 0.29) is 0 Å². The number of halogens is 1. The van der Waals surface area contributed by atoms with Crippen LogP contribution in [0.1, 0.15) is 42.5 Å². The summed E-state index contributed by atoms with van der Waals surface area (Å²) in [6, 6.07) is 15.2. The Balaban J connectivity index is 1.27. The van der Waals surface area contributed by atoms with E-state index in [1.165, 1.54) is 22.4 Å². The van der Waals surface area contributed by atoms with Gasteiger partial charge in [0.15, 0.2) is 0 Å². The van der Waals surface area contributed by atoms with Crippen LogP contribution in [0.5, 0.6) is 0 Å². The van der Waals surface area contributed by atoms with Gasteiger partial charge in [0.1, 0.15) is 12.4 Å². The van der Waals surface area contributed by atoms with Gasteiger partial charge in [-0.2, -0.15) is 0 Å². The van der Waals surface area contributed by atoms with Crippen LogP contribution in [-0.4, -0.2) is 30.6 Å². The Hall–Kier alpha value is -2.53. The zero-order chi connectivity index (χ0) is 23.0. The van der Waals surface area contributed by atoms with Crippen LogP contribution in [-0.2, 0) is 24.3 Å². The minimum atomic E-state index is 0.537. The van der Waals surface area contributed by atoms with E-state index in [1.807, 2.05) is 24.3 Å². The molecule has 0 amide bonds. The van der Waals surface area contributed by atoms with Crippen molar-refractivity contribution in [2.45, 2.75) is 45.9 Å². The van der Waals surface area contributed by atoms with E-state index >= 15 is 0 Å². The van der Waals surface area contributed by atoms with Crippen molar-refractivity contribution in [3.8, 4) is 0 Å². The van der Waals surface area contributed by atoms with E-state index in [9.17, 15) is 0 Å². The van der Waals surface area contributed by atoms with Crippen LogP contribution in [0, 0.1) is 0 Å². The molecule has 174 valence electrons. The quantitative estimate of drug-likeness (QED) is 0.447. The summed E-state index contributed by atoms with van der Waals surface area (Å²) in [5.74, 6) is 0.916. The van der Waals surface area contributed by atoms with Gasteiger partial charge in [-0.05, 0) is 65.5 Å². The van der Waals surface area contributed by atoms with Gasteiger partial charge in [-0.15, -0.1) is 0 Å². The predicted molar refractivity (Wildman–Crippen MR) is 138 cm³/mol. The van der Waals surface area contributed by atoms with Crippen molar-refractivity contribution in [3.63, 3.8) is 0 Å². The third-order valence-corrected chi connectivity index (χ3v) is 6.21. The average molecular weight is 464 g/mol. The molecule has 2 aromatic rings. The molecule has 0 bridgehead atoms. The third kappa shape index (κ3) is 6.97. The molecular weight excluding hydrogens is 430 g/mol. The number of aryl methyl sites for hydroxylation is 1. The van der Waals surface area contributed by atoms with E-state index in [0.717, 1.165) is 55.4 Å². The fourth-order valence-electron chi connectivity index (χ4n) is 4.10. The molecule has 0 saturated heterocycles. The van der Waals surface area contributed by atoms with E-state index in [1.54, 1.807) is 0 Å². The van der Waals surface area contributed by atoms with Crippen molar-refractivity contribution < 1.29 is 4.74 Å². The summed E-state index contributed by atoms with van der Waals surface area (Å²) in [6.07, 6.45) is 10.8. The van der Waals surface area contributed by atoms with Gasteiger partial charge >= 0.3 is 0 Å². The lowest BCUT2D eigenvalue weighted by Gasteiger charge is -2.28. The standard InChI is InChI=1S/C28H34ClN3O/c1-21(2)31-14-13-30-19-23-3-6-25-18-27(10-7-24(25)17-23)32-15-11-28(12-16-32)33-20-22-4-8-26(29)9-5-22/h3-6,8-9,11-12,15,17-18,21,30-31H,7,10,13-14,16,19-20H2,1-2H3. The number of allylic oxidation sites excluding steroid dienone is 2. The molecule has 33 heavy (non-hydrogen) atoms. The van der Waals surface area contributed by atoms with E-state index in [2.05, 4.69) is 72.0 Å². The fourth-order valence-corrected chi connectivity index (χ4v) is 4.22. The average Bonchev–Trinajstić information content (AvgIpc) is 2.83. The lowest BCUT2D eigenvalue weighted by molar-refractivity contribution is 0.206. The number of fused-ring (bicyclic) bond motifs is 1. The molecule has 0 fully saturated rings. The maximum atomic E-state index is 5.95. The summed E-state index contributed by atoms with van der Waals surface area (Å²) in [7, 11) is 0. The number of ether oxygens (including phenoxy) is 1. The zero-order valence-corrected chi connectivity index (χ0v) is 20.4. The first-order valence-electron chi connectivity index (χ1n) is 11.9. The second-order valence-electron chi connectivity index (χ2n) is 8.94. The van der Waals surface area contributed by atoms with Crippen LogP contribution in [0.25, 0.3) is 6.08 Å². The molecule has 5 heteroatoms. The molecule has 0 spiro atoms. The van der Waals surface area contributed by atoms with Crippen molar-refractivity contribution in [3.05, 3.63) is 99.5 Å². The van der Waals surface area contributed by atoms with Gasteiger partial charge in [-0.1, -0.05) is 55.8 Å². The maximum Gasteiger partial charge on any atom is 0.119 e. The van der Waals surface area contributed by atoms with Crippen molar-refractivity contribution in [1.82, 2.24) is 15.5 Å². The Morgan fingerprint density at radius 2 is 1.85 bits per heavy atom. The van der Waals surface area contributed by atoms with E-state index in [0.29, 0.717) is 12.6 Å². The van der Waals surface area contributed by atoms with Crippen molar-refractivity contribution in [2.24, 2.45) is 0 Å². The summed E-state index contributed by atoms with van der Waals surface area (Å²) in [5.41, 5.74) is 6.62. The molecule has 0 aromatic heterocycles. The largest absolute Gasteiger partial charge is 0.489 e. The van der Waals surface area contributed by atoms with Gasteiger partial charge in [0, 0.05) is 49.1 Å². The SMILES string of the molecule is CC(C)NCCNCc1ccc2c(c1)CCC(N1C=CC(OCc3ccc(Cl)cc3)=CC1)=C2. The molecular formula is C28H34ClN3O. The first kappa shape index (κ1) is 23.6. The molecule has 2 aromatic carbocycles. The first-order chi connectivity index (χ1) is 16.1. The molecule has 0 unspecified atom stereocenters. The molecule has 0 radical (unpaired) electrons. The number of nitrogens with one attached hydrogen (secondary N) is 2. The maximum absolute atomic E-state index is 5.95. The molecule has 0 atom stereocenters. The summed E-state index contributed by atoms with van der Waals surface area (Å²) in [6.45, 7) is 8.64. The van der Waals surface area contributed by atoms with Crippen LogP contribution in [0.2, 0.25) is 5.02 Å². The van der Waals surface area contributed by atoms with Gasteiger partial charge in [0.05, 0.1) is 0 Å². The number of nitrogens with zero attached hydrogens (tertiary/aromatic N) is 1. The van der Waals surface area contributed by atoms with Gasteiger partial charge in [-0.25, -0.2) is 0 Å². The lowest BCUT2D eigenvalue weighted by atomic mass is 9.93. The number of rotatable bonds is 10. The molecule has 1 aliphatic heterocycles. The topological polar surface area (TPSA) is 36.5 Å². The van der Waals surface area contributed by atoms with Gasteiger partial charge < -0.3 is 20.3 Å². The Labute approximate surface area is 203 Å². The van der Waals surface area contributed by atoms with Crippen molar-refractivity contribution in [2.75, 3.05) is 19.6 Å². The predicted octanol–water partition coefficient (Wildman–Crippen LogP) is 5.64. The number of hydrogen-bond donors (Lipinski definition) is 2. The fraction of sp³-hybridized carbons (Fsp3) is 0.357. The van der Waals surface area contributed by atoms with Crippen molar-refractivity contribution >= 4 is 17.7 Å².